The van der Waals surface area contributed by atoms with Crippen molar-refractivity contribution in [3.05, 3.63) is 318 Å². The number of benzene rings is 9. The first-order chi connectivity index (χ1) is 56.8. The molecule has 12 aromatic rings. The number of methoxy groups -OCH3 is 1. The van der Waals surface area contributed by atoms with Crippen molar-refractivity contribution in [1.82, 2.24) is 54.4 Å². The number of hydrogen-bond donors (Lipinski definition) is 3. The van der Waals surface area contributed by atoms with Gasteiger partial charge in [0.25, 0.3) is 0 Å². The van der Waals surface area contributed by atoms with Gasteiger partial charge in [-0.2, -0.15) is 0 Å². The Bertz CT molecular complexity index is 5270. The average Bonchev–Trinajstić information content (AvgIpc) is 0.768. The molecule has 0 radical (unpaired) electrons. The third kappa shape index (κ3) is 20.0. The van der Waals surface area contributed by atoms with E-state index in [4.69, 9.17) is 66.1 Å². The highest BCUT2D eigenvalue weighted by Gasteiger charge is 2.32. The molecule has 0 unspecified atom stereocenters. The molecule has 2 aliphatic heterocycles. The molecule has 9 aromatic carbocycles. The van der Waals surface area contributed by atoms with Gasteiger partial charge in [0.2, 0.25) is 17.8 Å². The number of ether oxygens (including phenoxy) is 1. The third-order valence-corrected chi connectivity index (χ3v) is 25.5. The molecule has 0 amide bonds. The lowest BCUT2D eigenvalue weighted by Crippen LogP contribution is -2.47. The van der Waals surface area contributed by atoms with E-state index in [9.17, 15) is 0 Å². The van der Waals surface area contributed by atoms with Gasteiger partial charge < -0.3 is 40.3 Å². The van der Waals surface area contributed by atoms with Gasteiger partial charge in [0.1, 0.15) is 0 Å². The Morgan fingerprint density at radius 1 is 0.405 bits per heavy atom. The summed E-state index contributed by atoms with van der Waals surface area (Å²) < 4.78 is 5.21. The lowest BCUT2D eigenvalue weighted by atomic mass is 9.78. The predicted octanol–water partition coefficient (Wildman–Crippen LogP) is 20.7. The molecule has 3 fully saturated rings. The summed E-state index contributed by atoms with van der Waals surface area (Å²) in [5.74, 6) is 2.57. The maximum absolute atomic E-state index is 6.36. The molecule has 15 nitrogen and oxygen atoms in total. The number of hydrogen-bond acceptors (Lipinski definition) is 15. The van der Waals surface area contributed by atoms with Crippen molar-refractivity contribution in [3.63, 3.8) is 0 Å². The minimum absolute atomic E-state index is 0.175. The van der Waals surface area contributed by atoms with Crippen LogP contribution in [-0.2, 0) is 43.3 Å². The Morgan fingerprint density at radius 2 is 0.776 bits per heavy atom. The molecule has 4 aliphatic carbocycles. The van der Waals surface area contributed by atoms with E-state index in [1.165, 1.54) is 98.9 Å². The Hall–Kier alpha value is -9.46. The van der Waals surface area contributed by atoms with Gasteiger partial charge in [-0.15, -0.1) is 0 Å². The van der Waals surface area contributed by atoms with Crippen molar-refractivity contribution in [2.75, 3.05) is 122 Å². The van der Waals surface area contributed by atoms with Crippen molar-refractivity contribution in [3.8, 4) is 33.8 Å². The second-order valence-corrected chi connectivity index (χ2v) is 33.5. The SMILES string of the molecule is CN(CCc1ccc(Nc2ncc3c(n2)-c2ccccc2[C@H](c2ccc(Cl)cc2)C3)cc1)C1CCCCC1.CN1CCN(CCc2ccc(Nc3ncc4c(n3)-c3ccccc3[C@H](c3ccc(Cl)c(Cl)c3)C4)cc2)CC1.COCCN1CCN(CCc2ccc(Nc3ncc4c(n3)-c3ccccc3[C@H](c3ccc(Cl)cc3)C4)cc2)CC1. The van der Waals surface area contributed by atoms with Gasteiger partial charge in [0, 0.05) is 172 Å². The molecule has 2 saturated heterocycles. The molecule has 594 valence electrons. The molecule has 5 heterocycles. The van der Waals surface area contributed by atoms with Crippen molar-refractivity contribution < 1.29 is 4.74 Å². The molecule has 3 aromatic heterocycles. The molecule has 6 aliphatic rings. The van der Waals surface area contributed by atoms with E-state index >= 15 is 0 Å². The second-order valence-electron chi connectivity index (χ2n) is 31.8. The average molecular weight is 1620 g/mol. The van der Waals surface area contributed by atoms with Crippen LogP contribution in [0.3, 0.4) is 0 Å². The van der Waals surface area contributed by atoms with Crippen LogP contribution in [0.25, 0.3) is 33.8 Å². The van der Waals surface area contributed by atoms with Gasteiger partial charge in [0.05, 0.1) is 33.7 Å². The molecule has 3 atom stereocenters. The van der Waals surface area contributed by atoms with E-state index < -0.39 is 0 Å². The Morgan fingerprint density at radius 3 is 1.18 bits per heavy atom. The monoisotopic (exact) mass is 1620 g/mol. The molecule has 19 heteroatoms. The van der Waals surface area contributed by atoms with Crippen LogP contribution < -0.4 is 16.0 Å². The predicted molar refractivity (Wildman–Crippen MR) is 477 cm³/mol. The normalized spacial score (nSPS) is 17.4. The summed E-state index contributed by atoms with van der Waals surface area (Å²) in [6, 6.07) is 74.8. The van der Waals surface area contributed by atoms with E-state index in [2.05, 4.69) is 245 Å². The van der Waals surface area contributed by atoms with Gasteiger partial charge in [-0.1, -0.05) is 205 Å². The van der Waals surface area contributed by atoms with Crippen LogP contribution in [0.1, 0.15) is 117 Å². The first-order valence-electron chi connectivity index (χ1n) is 41.3. The van der Waals surface area contributed by atoms with E-state index in [-0.39, 0.29) is 17.8 Å². The quantitative estimate of drug-likeness (QED) is 0.0593. The highest BCUT2D eigenvalue weighted by atomic mass is 35.5. The third-order valence-electron chi connectivity index (χ3n) is 24.2. The molecule has 0 bridgehead atoms. The van der Waals surface area contributed by atoms with Crippen LogP contribution in [0.4, 0.5) is 34.9 Å². The molecular formula is C97H102Cl4N14O. The Balaban J connectivity index is 0.000000131. The maximum atomic E-state index is 6.36. The Kier molecular flexibility index (Phi) is 26.5. The van der Waals surface area contributed by atoms with E-state index in [1.807, 2.05) is 55.0 Å². The summed E-state index contributed by atoms with van der Waals surface area (Å²) in [5, 5.41) is 12.9. The molecule has 1 saturated carbocycles. The van der Waals surface area contributed by atoms with Crippen LogP contribution in [0.5, 0.6) is 0 Å². The first kappa shape index (κ1) is 80.3. The standard InChI is InChI=1S/C33H36ClN5O.C33H35ClN4.C31H31Cl2N5/c1-40-21-20-39-18-16-38(17-19-39)15-14-24-6-12-28(13-7-24)36-33-35-23-26-22-31(25-8-10-27(34)11-9-25)29-4-2-3-5-30(29)32(26)37-33;1-38(28-7-3-2-4-8-28)20-19-23-11-17-27(18-12-23)36-33-35-22-25-21-31(24-13-15-26(34)16-14-24)29-9-5-6-10-30(29)32(25)37-33;1-37-14-16-38(17-15-37)13-12-21-6-9-24(10-7-21)35-31-34-20-23-18-27(22-8-11-28(32)29(33)19-22)25-4-2-3-5-26(25)30(23)36-31/h2-13,23,31H,14-22H2,1H3,(H,35,36,37);5-6,9-18,22,28,31H,2-4,7-8,19-21H2,1H3,(H,35,36,37);2-11,19-20,27H,12-18H2,1H3,(H,34,35,36)/t2*31-;27-/m000/s1. The number of aromatic nitrogens is 6. The van der Waals surface area contributed by atoms with E-state index in [0.29, 0.717) is 27.9 Å². The van der Waals surface area contributed by atoms with Crippen LogP contribution in [0.2, 0.25) is 20.1 Å². The fourth-order valence-corrected chi connectivity index (χ4v) is 17.9. The zero-order chi connectivity index (χ0) is 79.3. The lowest BCUT2D eigenvalue weighted by molar-refractivity contribution is 0.0976. The fourth-order valence-electron chi connectivity index (χ4n) is 17.4. The van der Waals surface area contributed by atoms with Gasteiger partial charge in [-0.25, -0.2) is 29.9 Å². The van der Waals surface area contributed by atoms with Crippen molar-refractivity contribution in [1.29, 1.82) is 0 Å². The number of likely N-dealkylation sites (N-methyl/N-ethyl adjacent to an activating group) is 2. The maximum Gasteiger partial charge on any atom is 0.227 e. The van der Waals surface area contributed by atoms with Crippen molar-refractivity contribution in [2.45, 2.75) is 94.4 Å². The highest BCUT2D eigenvalue weighted by molar-refractivity contribution is 6.42. The summed E-state index contributed by atoms with van der Waals surface area (Å²) in [6.07, 6.45) is 18.5. The summed E-state index contributed by atoms with van der Waals surface area (Å²) >= 11 is 24.8. The smallest absolute Gasteiger partial charge is 0.227 e. The molecular weight excluding hydrogens is 1520 g/mol. The van der Waals surface area contributed by atoms with Crippen molar-refractivity contribution >= 4 is 81.3 Å². The molecule has 3 N–H and O–H groups in total. The van der Waals surface area contributed by atoms with Crippen LogP contribution in [0.15, 0.2) is 231 Å². The van der Waals surface area contributed by atoms with Crippen LogP contribution in [-0.4, -0.2) is 167 Å². The van der Waals surface area contributed by atoms with Gasteiger partial charge in [-0.05, 0) is 205 Å². The van der Waals surface area contributed by atoms with E-state index in [0.717, 1.165) is 191 Å². The number of rotatable bonds is 22. The fraction of sp³-hybridized carbons (Fsp3) is 0.320. The molecule has 18 rings (SSSR count). The number of nitrogens with one attached hydrogen (secondary N) is 3. The largest absolute Gasteiger partial charge is 0.383 e. The lowest BCUT2D eigenvalue weighted by Gasteiger charge is -2.34. The van der Waals surface area contributed by atoms with E-state index in [1.54, 1.807) is 7.11 Å². The summed E-state index contributed by atoms with van der Waals surface area (Å²) in [5.41, 5.74) is 24.5. The van der Waals surface area contributed by atoms with Crippen LogP contribution >= 0.6 is 46.4 Å². The number of anilines is 6. The highest BCUT2D eigenvalue weighted by Crippen LogP contribution is 2.46. The number of fused-ring (bicyclic) bond motifs is 9. The number of piperazine rings is 2. The van der Waals surface area contributed by atoms with Crippen LogP contribution in [0, 0.1) is 0 Å². The minimum atomic E-state index is 0.175. The first-order valence-corrected chi connectivity index (χ1v) is 42.8. The Labute approximate surface area is 703 Å². The van der Waals surface area contributed by atoms with Gasteiger partial charge in [-0.3, -0.25) is 4.90 Å². The summed E-state index contributed by atoms with van der Waals surface area (Å²) in [6.45, 7) is 14.3. The number of halogens is 4. The summed E-state index contributed by atoms with van der Waals surface area (Å²) in [4.78, 5) is 41.5. The minimum Gasteiger partial charge on any atom is -0.383 e. The van der Waals surface area contributed by atoms with Gasteiger partial charge >= 0.3 is 0 Å². The zero-order valence-electron chi connectivity index (χ0n) is 66.6. The second kappa shape index (κ2) is 38.3. The topological polar surface area (TPSA) is 139 Å². The molecule has 0 spiro atoms. The molecule has 116 heavy (non-hydrogen) atoms. The van der Waals surface area contributed by atoms with Gasteiger partial charge in [0.15, 0.2) is 0 Å². The zero-order valence-corrected chi connectivity index (χ0v) is 69.6. The summed E-state index contributed by atoms with van der Waals surface area (Å²) in [7, 11) is 6.26. The van der Waals surface area contributed by atoms with Crippen molar-refractivity contribution in [2.24, 2.45) is 0 Å². The number of nitrogens with zero attached hydrogens (tertiary/aromatic N) is 11.